The van der Waals surface area contributed by atoms with Gasteiger partial charge >= 0.3 is 0 Å². The molecular formula is C14H16N4O2S. The van der Waals surface area contributed by atoms with Gasteiger partial charge in [0.2, 0.25) is 10.0 Å². The van der Waals surface area contributed by atoms with E-state index in [-0.39, 0.29) is 4.90 Å². The van der Waals surface area contributed by atoms with Crippen LogP contribution in [0.5, 0.6) is 0 Å². The molecule has 21 heavy (non-hydrogen) atoms. The average molecular weight is 304 g/mol. The molecule has 6 nitrogen and oxygen atoms in total. The lowest BCUT2D eigenvalue weighted by Crippen LogP contribution is -2.27. The molecule has 7 heteroatoms. The number of nitrogens with zero attached hydrogens (tertiary/aromatic N) is 3. The molecule has 0 atom stereocenters. The van der Waals surface area contributed by atoms with Crippen molar-refractivity contribution < 1.29 is 8.42 Å². The largest absolute Gasteiger partial charge is 0.273 e. The minimum Gasteiger partial charge on any atom is -0.273 e. The van der Waals surface area contributed by atoms with Crippen LogP contribution < -0.4 is 4.72 Å². The Kier molecular flexibility index (Phi) is 4.40. The van der Waals surface area contributed by atoms with Crippen LogP contribution in [0.2, 0.25) is 0 Å². The van der Waals surface area contributed by atoms with Crippen molar-refractivity contribution in [1.82, 2.24) is 14.5 Å². The molecule has 0 aliphatic rings. The van der Waals surface area contributed by atoms with Crippen LogP contribution in [0.25, 0.3) is 0 Å². The highest BCUT2D eigenvalue weighted by atomic mass is 32.2. The quantitative estimate of drug-likeness (QED) is 0.896. The standard InChI is InChI=1S/C14H16N4O2S/c1-11-9-12(10-15)3-4-14(11)21(19,20)17-8-6-13-5-7-16-18(13)2/h3-5,7,9,17H,6,8H2,1-2H3. The van der Waals surface area contributed by atoms with Crippen LogP contribution >= 0.6 is 0 Å². The van der Waals surface area contributed by atoms with Gasteiger partial charge in [-0.2, -0.15) is 10.4 Å². The molecule has 0 saturated carbocycles. The molecule has 1 aromatic heterocycles. The maximum atomic E-state index is 12.2. The summed E-state index contributed by atoms with van der Waals surface area (Å²) in [6.07, 6.45) is 2.24. The molecule has 1 aromatic carbocycles. The Morgan fingerprint density at radius 1 is 1.38 bits per heavy atom. The SMILES string of the molecule is Cc1cc(C#N)ccc1S(=O)(=O)NCCc1ccnn1C. The first kappa shape index (κ1) is 15.2. The summed E-state index contributed by atoms with van der Waals surface area (Å²) in [5.74, 6) is 0. The molecule has 0 radical (unpaired) electrons. The van der Waals surface area contributed by atoms with E-state index in [2.05, 4.69) is 9.82 Å². The molecule has 1 N–H and O–H groups in total. The molecule has 1 heterocycles. The highest BCUT2D eigenvalue weighted by Crippen LogP contribution is 2.16. The number of sulfonamides is 1. The van der Waals surface area contributed by atoms with Crippen molar-refractivity contribution in [3.8, 4) is 6.07 Å². The number of hydrogen-bond acceptors (Lipinski definition) is 4. The van der Waals surface area contributed by atoms with E-state index in [0.29, 0.717) is 24.1 Å². The van der Waals surface area contributed by atoms with E-state index < -0.39 is 10.0 Å². The lowest BCUT2D eigenvalue weighted by molar-refractivity contribution is 0.579. The molecule has 0 aliphatic carbocycles. The Hall–Kier alpha value is -2.17. The van der Waals surface area contributed by atoms with Gasteiger partial charge in [0, 0.05) is 31.9 Å². The highest BCUT2D eigenvalue weighted by Gasteiger charge is 2.16. The zero-order valence-electron chi connectivity index (χ0n) is 11.9. The second kappa shape index (κ2) is 6.08. The van der Waals surface area contributed by atoms with Gasteiger partial charge in [0.25, 0.3) is 0 Å². The molecule has 0 unspecified atom stereocenters. The van der Waals surface area contributed by atoms with Gasteiger partial charge in [0.05, 0.1) is 16.5 Å². The van der Waals surface area contributed by atoms with Crippen molar-refractivity contribution in [1.29, 1.82) is 5.26 Å². The lowest BCUT2D eigenvalue weighted by Gasteiger charge is -2.09. The Labute approximate surface area is 124 Å². The van der Waals surface area contributed by atoms with Gasteiger partial charge in [0.1, 0.15) is 0 Å². The van der Waals surface area contributed by atoms with Gasteiger partial charge < -0.3 is 0 Å². The van der Waals surface area contributed by atoms with Gasteiger partial charge in [-0.25, -0.2) is 13.1 Å². The first-order chi connectivity index (χ1) is 9.94. The van der Waals surface area contributed by atoms with E-state index in [1.807, 2.05) is 19.2 Å². The van der Waals surface area contributed by atoms with Crippen LogP contribution in [0.1, 0.15) is 16.8 Å². The maximum Gasteiger partial charge on any atom is 0.240 e. The minimum absolute atomic E-state index is 0.200. The Bertz CT molecular complexity index is 788. The van der Waals surface area contributed by atoms with E-state index in [0.717, 1.165) is 5.69 Å². The van der Waals surface area contributed by atoms with E-state index in [1.165, 1.54) is 12.1 Å². The summed E-state index contributed by atoms with van der Waals surface area (Å²) in [5, 5.41) is 12.8. The van der Waals surface area contributed by atoms with Crippen LogP contribution in [0.3, 0.4) is 0 Å². The zero-order chi connectivity index (χ0) is 15.5. The first-order valence-corrected chi connectivity index (χ1v) is 7.89. The Balaban J connectivity index is 2.09. The third-order valence-electron chi connectivity index (χ3n) is 3.19. The Morgan fingerprint density at radius 3 is 2.71 bits per heavy atom. The number of benzene rings is 1. The molecule has 2 aromatic rings. The van der Waals surface area contributed by atoms with E-state index in [1.54, 1.807) is 23.9 Å². The van der Waals surface area contributed by atoms with Crippen molar-refractivity contribution in [3.63, 3.8) is 0 Å². The summed E-state index contributed by atoms with van der Waals surface area (Å²) in [7, 11) is -1.76. The monoisotopic (exact) mass is 304 g/mol. The van der Waals surface area contributed by atoms with Crippen molar-refractivity contribution >= 4 is 10.0 Å². The number of nitrogens with one attached hydrogen (secondary N) is 1. The molecule has 0 saturated heterocycles. The number of nitriles is 1. The molecule has 0 aliphatic heterocycles. The van der Waals surface area contributed by atoms with Crippen molar-refractivity contribution in [2.75, 3.05) is 6.54 Å². The van der Waals surface area contributed by atoms with E-state index >= 15 is 0 Å². The van der Waals surface area contributed by atoms with Gasteiger partial charge in [-0.3, -0.25) is 4.68 Å². The predicted octanol–water partition coefficient (Wildman–Crippen LogP) is 1.12. The summed E-state index contributed by atoms with van der Waals surface area (Å²) in [6, 6.07) is 8.36. The number of rotatable bonds is 5. The second-order valence-corrected chi connectivity index (χ2v) is 6.42. The number of aryl methyl sites for hydroxylation is 2. The molecule has 0 amide bonds. The van der Waals surface area contributed by atoms with E-state index in [9.17, 15) is 8.42 Å². The van der Waals surface area contributed by atoms with Crippen molar-refractivity contribution in [2.45, 2.75) is 18.2 Å². The fourth-order valence-corrected chi connectivity index (χ4v) is 3.31. The smallest absolute Gasteiger partial charge is 0.240 e. The van der Waals surface area contributed by atoms with Gasteiger partial charge in [-0.1, -0.05) is 0 Å². The van der Waals surface area contributed by atoms with Gasteiger partial charge in [0.15, 0.2) is 0 Å². The normalized spacial score (nSPS) is 11.3. The summed E-state index contributed by atoms with van der Waals surface area (Å²) in [6.45, 7) is 1.97. The van der Waals surface area contributed by atoms with Crippen molar-refractivity contribution in [2.24, 2.45) is 7.05 Å². The summed E-state index contributed by atoms with van der Waals surface area (Å²) < 4.78 is 28.8. The first-order valence-electron chi connectivity index (χ1n) is 6.41. The molecule has 110 valence electrons. The maximum absolute atomic E-state index is 12.2. The topological polar surface area (TPSA) is 87.8 Å². The zero-order valence-corrected chi connectivity index (χ0v) is 12.7. The van der Waals surface area contributed by atoms with Crippen LogP contribution in [-0.4, -0.2) is 24.7 Å². The number of aromatic nitrogens is 2. The Morgan fingerprint density at radius 2 is 2.14 bits per heavy atom. The summed E-state index contributed by atoms with van der Waals surface area (Å²) >= 11 is 0. The molecule has 0 spiro atoms. The third kappa shape index (κ3) is 3.48. The fraction of sp³-hybridized carbons (Fsp3) is 0.286. The average Bonchev–Trinajstić information content (AvgIpc) is 2.83. The highest BCUT2D eigenvalue weighted by molar-refractivity contribution is 7.89. The van der Waals surface area contributed by atoms with E-state index in [4.69, 9.17) is 5.26 Å². The third-order valence-corrected chi connectivity index (χ3v) is 4.81. The van der Waals surface area contributed by atoms with Crippen molar-refractivity contribution in [3.05, 3.63) is 47.3 Å². The lowest BCUT2D eigenvalue weighted by atomic mass is 10.2. The summed E-state index contributed by atoms with van der Waals surface area (Å²) in [4.78, 5) is 0.200. The molecule has 0 bridgehead atoms. The van der Waals surface area contributed by atoms with Crippen LogP contribution in [-0.2, 0) is 23.5 Å². The fourth-order valence-electron chi connectivity index (χ4n) is 2.06. The second-order valence-electron chi connectivity index (χ2n) is 4.69. The van der Waals surface area contributed by atoms with Crippen LogP contribution in [0, 0.1) is 18.3 Å². The van der Waals surface area contributed by atoms with Crippen LogP contribution in [0.15, 0.2) is 35.4 Å². The van der Waals surface area contributed by atoms with Gasteiger partial charge in [-0.05, 0) is 36.8 Å². The molecular weight excluding hydrogens is 288 g/mol. The molecule has 2 rings (SSSR count). The van der Waals surface area contributed by atoms with Gasteiger partial charge in [-0.15, -0.1) is 0 Å². The molecule has 0 fully saturated rings. The van der Waals surface area contributed by atoms with Crippen LogP contribution in [0.4, 0.5) is 0 Å². The summed E-state index contributed by atoms with van der Waals surface area (Å²) in [5.41, 5.74) is 1.96. The minimum atomic E-state index is -3.57. The number of hydrogen-bond donors (Lipinski definition) is 1. The predicted molar refractivity (Wildman–Crippen MR) is 78.0 cm³/mol.